The maximum absolute atomic E-state index is 12.5. The minimum Gasteiger partial charge on any atom is -0.400 e. The van der Waals surface area contributed by atoms with Crippen LogP contribution in [0.4, 0.5) is 26.3 Å². The molecule has 0 aliphatic carbocycles. The molecule has 0 saturated carbocycles. The fourth-order valence-corrected chi connectivity index (χ4v) is 3.19. The molecule has 230 valence electrons. The molecule has 5 nitrogen and oxygen atoms in total. The Morgan fingerprint density at radius 1 is 0.850 bits per heavy atom. The van der Waals surface area contributed by atoms with Crippen molar-refractivity contribution in [1.29, 1.82) is 0 Å². The van der Waals surface area contributed by atoms with Crippen LogP contribution in [0.5, 0.6) is 0 Å². The lowest BCUT2D eigenvalue weighted by Crippen LogP contribution is -2.36. The van der Waals surface area contributed by atoms with Gasteiger partial charge in [-0.2, -0.15) is 26.3 Å². The molecule has 0 aromatic heterocycles. The van der Waals surface area contributed by atoms with Crippen molar-refractivity contribution >= 4 is 5.91 Å². The van der Waals surface area contributed by atoms with Gasteiger partial charge in [-0.05, 0) is 56.1 Å². The minimum absolute atomic E-state index is 0.0892. The summed E-state index contributed by atoms with van der Waals surface area (Å²) >= 11 is 0. The Morgan fingerprint density at radius 3 is 1.62 bits per heavy atom. The molecule has 11 heteroatoms. The quantitative estimate of drug-likeness (QED) is 0.296. The summed E-state index contributed by atoms with van der Waals surface area (Å²) in [6, 6.07) is 11.8. The van der Waals surface area contributed by atoms with Crippen molar-refractivity contribution in [2.45, 2.75) is 78.4 Å². The van der Waals surface area contributed by atoms with Crippen LogP contribution < -0.4 is 5.73 Å². The van der Waals surface area contributed by atoms with E-state index in [1.807, 2.05) is 18.2 Å². The number of halogens is 6. The highest BCUT2D eigenvalue weighted by Crippen LogP contribution is 2.37. The zero-order valence-electron chi connectivity index (χ0n) is 24.4. The third kappa shape index (κ3) is 15.8. The Hall–Kier alpha value is -2.63. The van der Waals surface area contributed by atoms with Crippen LogP contribution in [0.1, 0.15) is 88.3 Å². The molecule has 0 spiro atoms. The molecule has 40 heavy (non-hydrogen) atoms. The second-order valence-electron chi connectivity index (χ2n) is 8.74. The number of ether oxygens (including phenoxy) is 1. The second kappa shape index (κ2) is 20.3. The first-order valence-corrected chi connectivity index (χ1v) is 13.0. The maximum atomic E-state index is 12.5. The van der Waals surface area contributed by atoms with Crippen LogP contribution in [0.2, 0.25) is 0 Å². The van der Waals surface area contributed by atoms with E-state index in [4.69, 9.17) is 15.6 Å². The second-order valence-corrected chi connectivity index (χ2v) is 8.74. The molecule has 0 radical (unpaired) electrons. The van der Waals surface area contributed by atoms with Crippen molar-refractivity contribution in [2.24, 2.45) is 5.73 Å². The van der Waals surface area contributed by atoms with Gasteiger partial charge >= 0.3 is 12.4 Å². The van der Waals surface area contributed by atoms with Crippen molar-refractivity contribution in [3.8, 4) is 0 Å². The Bertz CT molecular complexity index is 903. The smallest absolute Gasteiger partial charge is 0.400 e. The van der Waals surface area contributed by atoms with Crippen molar-refractivity contribution in [3.63, 3.8) is 0 Å². The number of hydrogen-bond donors (Lipinski definition) is 2. The number of rotatable bonds is 9. The van der Waals surface area contributed by atoms with Gasteiger partial charge in [0.25, 0.3) is 0 Å². The molecule has 2 unspecified atom stereocenters. The average Bonchev–Trinajstić information content (AvgIpc) is 2.92. The first-order valence-electron chi connectivity index (χ1n) is 13.0. The van der Waals surface area contributed by atoms with E-state index in [0.29, 0.717) is 18.7 Å². The summed E-state index contributed by atoms with van der Waals surface area (Å²) in [5, 5.41) is 7.00. The number of aliphatic hydroxyl groups is 1. The summed E-state index contributed by atoms with van der Waals surface area (Å²) in [5.41, 5.74) is 3.64. The molecular weight excluding hydrogens is 538 g/mol. The lowest BCUT2D eigenvalue weighted by atomic mass is 10.0. The number of carbonyl (C=O) groups excluding carboxylic acids is 1. The number of amides is 1. The number of hydrogen-bond acceptors (Lipinski definition) is 4. The van der Waals surface area contributed by atoms with Gasteiger partial charge in [0.1, 0.15) is 0 Å². The Kier molecular flexibility index (Phi) is 20.0. The summed E-state index contributed by atoms with van der Waals surface area (Å²) in [5.74, 6) is -0.267. The van der Waals surface area contributed by atoms with Crippen LogP contribution in [0.15, 0.2) is 48.5 Å². The highest BCUT2D eigenvalue weighted by atomic mass is 19.4. The fraction of sp³-hybridized carbons (Fsp3) is 0.552. The standard InChI is InChI=1S/C13H20N2O.C11H10F6O.C4H10.CH4O/c1-3-9-15(10-13(14)16)11(2)12-7-5-4-6-8-12;1-6(18-2)7-3-8(10(12,13)14)5-9(4-7)11(15,16)17;1-3-4-2;1-2/h4-8,11H,3,9-10H2,1-2H3,(H2,14,16);3-6H,1-2H3;3-4H2,1-2H3;2H,1H3. The molecule has 1 amide bonds. The molecule has 0 aliphatic heterocycles. The maximum Gasteiger partial charge on any atom is 0.416 e. The number of carbonyl (C=O) groups is 1. The van der Waals surface area contributed by atoms with Gasteiger partial charge in [0.05, 0.1) is 23.8 Å². The SMILES string of the molecule is CCCC.CCCN(CC(N)=O)C(C)c1ccccc1.CO.COC(C)c1cc(C(F)(F)F)cc(C(F)(F)F)c1. The molecule has 0 aliphatic rings. The number of nitrogens with two attached hydrogens (primary N) is 1. The van der Waals surface area contributed by atoms with E-state index in [9.17, 15) is 31.1 Å². The van der Waals surface area contributed by atoms with Gasteiger partial charge in [0.15, 0.2) is 0 Å². The Labute approximate surface area is 234 Å². The molecule has 0 heterocycles. The number of unbranched alkanes of at least 4 members (excludes halogenated alkanes) is 1. The lowest BCUT2D eigenvalue weighted by molar-refractivity contribution is -0.143. The summed E-state index contributed by atoms with van der Waals surface area (Å²) < 4.78 is 79.7. The average molecular weight is 583 g/mol. The van der Waals surface area contributed by atoms with Crippen LogP contribution in [0.25, 0.3) is 0 Å². The van der Waals surface area contributed by atoms with E-state index in [2.05, 4.69) is 44.7 Å². The van der Waals surface area contributed by atoms with Gasteiger partial charge in [-0.1, -0.05) is 63.9 Å². The third-order valence-corrected chi connectivity index (χ3v) is 5.63. The zero-order valence-corrected chi connectivity index (χ0v) is 24.4. The van der Waals surface area contributed by atoms with Gasteiger partial charge in [-0.15, -0.1) is 0 Å². The highest BCUT2D eigenvalue weighted by molar-refractivity contribution is 5.76. The van der Waals surface area contributed by atoms with Crippen LogP contribution >= 0.6 is 0 Å². The van der Waals surface area contributed by atoms with E-state index in [1.165, 1.54) is 32.4 Å². The van der Waals surface area contributed by atoms with E-state index in [1.54, 1.807) is 0 Å². The lowest BCUT2D eigenvalue weighted by Gasteiger charge is -2.27. The van der Waals surface area contributed by atoms with Gasteiger partial charge < -0.3 is 15.6 Å². The number of methoxy groups -OCH3 is 1. The summed E-state index contributed by atoms with van der Waals surface area (Å²) in [6.07, 6.45) is -6.86. The van der Waals surface area contributed by atoms with Gasteiger partial charge in [-0.3, -0.25) is 9.69 Å². The normalized spacial score (nSPS) is 12.6. The molecule has 2 aromatic carbocycles. The van der Waals surface area contributed by atoms with E-state index in [0.717, 1.165) is 20.1 Å². The highest BCUT2D eigenvalue weighted by Gasteiger charge is 2.37. The number of primary amides is 1. The molecule has 2 rings (SSSR count). The Morgan fingerprint density at radius 2 is 1.30 bits per heavy atom. The first kappa shape index (κ1) is 39.5. The van der Waals surface area contributed by atoms with Crippen LogP contribution in [-0.2, 0) is 21.9 Å². The van der Waals surface area contributed by atoms with Gasteiger partial charge in [0, 0.05) is 20.3 Å². The van der Waals surface area contributed by atoms with Gasteiger partial charge in [-0.25, -0.2) is 0 Å². The monoisotopic (exact) mass is 582 g/mol. The molecule has 2 atom stereocenters. The van der Waals surface area contributed by atoms with Crippen molar-refractivity contribution in [2.75, 3.05) is 27.3 Å². The van der Waals surface area contributed by atoms with E-state index >= 15 is 0 Å². The molecule has 0 saturated heterocycles. The summed E-state index contributed by atoms with van der Waals surface area (Å²) in [7, 11) is 2.21. The minimum atomic E-state index is -4.83. The first-order chi connectivity index (χ1) is 18.6. The molecule has 2 aromatic rings. The number of alkyl halides is 6. The molecule has 0 bridgehead atoms. The van der Waals surface area contributed by atoms with E-state index < -0.39 is 29.6 Å². The van der Waals surface area contributed by atoms with Crippen LogP contribution in [0.3, 0.4) is 0 Å². The zero-order chi connectivity index (χ0) is 31.5. The van der Waals surface area contributed by atoms with Crippen molar-refractivity contribution < 1.29 is 41.0 Å². The van der Waals surface area contributed by atoms with Crippen molar-refractivity contribution in [1.82, 2.24) is 4.90 Å². The van der Waals surface area contributed by atoms with Crippen LogP contribution in [-0.4, -0.2) is 43.2 Å². The molecule has 3 N–H and O–H groups in total. The molecular formula is C29H44F6N2O3. The van der Waals surface area contributed by atoms with Crippen LogP contribution in [0, 0.1) is 0 Å². The van der Waals surface area contributed by atoms with Gasteiger partial charge in [0.2, 0.25) is 5.91 Å². The Balaban J connectivity index is 0. The number of benzene rings is 2. The number of nitrogens with zero attached hydrogens (tertiary/aromatic N) is 1. The summed E-state index contributed by atoms with van der Waals surface area (Å²) in [4.78, 5) is 13.1. The number of aliphatic hydroxyl groups excluding tert-OH is 1. The fourth-order valence-electron chi connectivity index (χ4n) is 3.19. The van der Waals surface area contributed by atoms with Crippen molar-refractivity contribution in [3.05, 3.63) is 70.8 Å². The predicted octanol–water partition coefficient (Wildman–Crippen LogP) is 7.79. The molecule has 0 fully saturated rings. The largest absolute Gasteiger partial charge is 0.416 e. The third-order valence-electron chi connectivity index (χ3n) is 5.63. The predicted molar refractivity (Wildman–Crippen MR) is 147 cm³/mol. The summed E-state index contributed by atoms with van der Waals surface area (Å²) in [6.45, 7) is 11.2. The van der Waals surface area contributed by atoms with E-state index in [-0.39, 0.29) is 23.6 Å². The topological polar surface area (TPSA) is 75.8 Å².